The van der Waals surface area contributed by atoms with Gasteiger partial charge in [0.05, 0.1) is 11.0 Å². The number of aliphatic carboxylic acids is 1. The zero-order valence-corrected chi connectivity index (χ0v) is 12.5. The summed E-state index contributed by atoms with van der Waals surface area (Å²) >= 11 is 0. The molecule has 3 aromatic rings. The number of pyridine rings is 2. The average molecular weight is 323 g/mol. The molecule has 0 aliphatic carbocycles. The molecule has 1 amide bonds. The Morgan fingerprint density at radius 2 is 1.88 bits per heavy atom. The highest BCUT2D eigenvalue weighted by Gasteiger charge is 2.15. The van der Waals surface area contributed by atoms with Crippen LogP contribution in [0.5, 0.6) is 0 Å². The van der Waals surface area contributed by atoms with Crippen LogP contribution in [0.15, 0.2) is 59.5 Å². The fourth-order valence-electron chi connectivity index (χ4n) is 2.37. The number of benzene rings is 1. The van der Waals surface area contributed by atoms with Crippen molar-refractivity contribution in [1.29, 1.82) is 0 Å². The molecule has 0 spiro atoms. The number of hydrogen-bond donors (Lipinski definition) is 2. The van der Waals surface area contributed by atoms with Crippen molar-refractivity contribution in [3.8, 4) is 0 Å². The van der Waals surface area contributed by atoms with Gasteiger partial charge in [-0.05, 0) is 30.3 Å². The van der Waals surface area contributed by atoms with E-state index in [-0.39, 0.29) is 5.69 Å². The lowest BCUT2D eigenvalue weighted by molar-refractivity contribution is -0.137. The minimum atomic E-state index is -1.16. The minimum absolute atomic E-state index is 0.0173. The van der Waals surface area contributed by atoms with E-state index in [1.165, 1.54) is 12.3 Å². The Morgan fingerprint density at radius 1 is 1.12 bits per heavy atom. The number of nitrogens with one attached hydrogen (secondary N) is 1. The van der Waals surface area contributed by atoms with Gasteiger partial charge in [0.15, 0.2) is 0 Å². The number of hydrogen-bond acceptors (Lipinski definition) is 4. The van der Waals surface area contributed by atoms with Gasteiger partial charge < -0.3 is 10.4 Å². The Kier molecular flexibility index (Phi) is 4.07. The molecule has 0 aliphatic heterocycles. The van der Waals surface area contributed by atoms with Crippen molar-refractivity contribution < 1.29 is 14.7 Å². The maximum absolute atomic E-state index is 12.5. The molecule has 1 aromatic carbocycles. The molecule has 0 aliphatic rings. The highest BCUT2D eigenvalue weighted by atomic mass is 16.4. The maximum atomic E-state index is 12.5. The number of carboxylic acid groups (broad SMARTS) is 1. The lowest BCUT2D eigenvalue weighted by atomic mass is 10.2. The second kappa shape index (κ2) is 6.33. The summed E-state index contributed by atoms with van der Waals surface area (Å²) in [5.41, 5.74) is 0.589. The molecule has 7 nitrogen and oxygen atoms in total. The molecule has 7 heteroatoms. The summed E-state index contributed by atoms with van der Waals surface area (Å²) in [4.78, 5) is 40.0. The Morgan fingerprint density at radius 3 is 2.58 bits per heavy atom. The number of fused-ring (bicyclic) bond motifs is 1. The first kappa shape index (κ1) is 15.4. The largest absolute Gasteiger partial charge is 0.480 e. The SMILES string of the molecule is O=C(O)Cn1c(=O)c(NC(=O)c2ccccc2)cc2ncccc21. The lowest BCUT2D eigenvalue weighted by Gasteiger charge is -2.11. The fraction of sp³-hybridized carbons (Fsp3) is 0.0588. The summed E-state index contributed by atoms with van der Waals surface area (Å²) < 4.78 is 1.07. The molecular weight excluding hydrogens is 310 g/mol. The van der Waals surface area contributed by atoms with Gasteiger partial charge in [0.25, 0.3) is 11.5 Å². The van der Waals surface area contributed by atoms with E-state index in [0.717, 1.165) is 4.57 Å². The molecule has 0 saturated heterocycles. The summed E-state index contributed by atoms with van der Waals surface area (Å²) in [6, 6.07) is 13.1. The van der Waals surface area contributed by atoms with Crippen molar-refractivity contribution in [3.63, 3.8) is 0 Å². The van der Waals surface area contributed by atoms with Crippen molar-refractivity contribution in [3.05, 3.63) is 70.6 Å². The average Bonchev–Trinajstić information content (AvgIpc) is 2.59. The van der Waals surface area contributed by atoms with Crippen LogP contribution < -0.4 is 10.9 Å². The summed E-state index contributed by atoms with van der Waals surface area (Å²) in [5, 5.41) is 11.6. The highest BCUT2D eigenvalue weighted by molar-refractivity contribution is 6.04. The van der Waals surface area contributed by atoms with Gasteiger partial charge >= 0.3 is 5.97 Å². The number of rotatable bonds is 4. The number of nitrogens with zero attached hydrogens (tertiary/aromatic N) is 2. The minimum Gasteiger partial charge on any atom is -0.480 e. The van der Waals surface area contributed by atoms with Crippen LogP contribution in [0, 0.1) is 0 Å². The van der Waals surface area contributed by atoms with Crippen molar-refractivity contribution in [2.45, 2.75) is 6.54 Å². The van der Waals surface area contributed by atoms with Gasteiger partial charge in [-0.2, -0.15) is 0 Å². The van der Waals surface area contributed by atoms with Crippen LogP contribution in [0.1, 0.15) is 10.4 Å². The standard InChI is InChI=1S/C17H13N3O4/c21-15(22)10-20-14-7-4-8-18-12(14)9-13(17(20)24)19-16(23)11-5-2-1-3-6-11/h1-9H,10H2,(H,19,23)(H,21,22). The number of carboxylic acids is 1. The monoisotopic (exact) mass is 323 g/mol. The first-order valence-electron chi connectivity index (χ1n) is 7.13. The molecule has 0 bridgehead atoms. The van der Waals surface area contributed by atoms with Gasteiger partial charge in [-0.3, -0.25) is 23.9 Å². The van der Waals surface area contributed by atoms with Gasteiger partial charge in [0.2, 0.25) is 0 Å². The van der Waals surface area contributed by atoms with Crippen LogP contribution in [-0.2, 0) is 11.3 Å². The van der Waals surface area contributed by atoms with Crippen LogP contribution in [0.3, 0.4) is 0 Å². The van der Waals surface area contributed by atoms with E-state index in [1.807, 2.05) is 0 Å². The second-order valence-electron chi connectivity index (χ2n) is 5.07. The van der Waals surface area contributed by atoms with Gasteiger partial charge in [-0.1, -0.05) is 18.2 Å². The van der Waals surface area contributed by atoms with Crippen molar-refractivity contribution in [2.24, 2.45) is 0 Å². The number of carbonyl (C=O) groups is 2. The number of aromatic nitrogens is 2. The molecule has 0 unspecified atom stereocenters. The lowest BCUT2D eigenvalue weighted by Crippen LogP contribution is -2.28. The van der Waals surface area contributed by atoms with E-state index in [2.05, 4.69) is 10.3 Å². The summed E-state index contributed by atoms with van der Waals surface area (Å²) in [5.74, 6) is -1.61. The third kappa shape index (κ3) is 3.00. The van der Waals surface area contributed by atoms with Crippen molar-refractivity contribution >= 4 is 28.6 Å². The highest BCUT2D eigenvalue weighted by Crippen LogP contribution is 2.14. The van der Waals surface area contributed by atoms with Crippen LogP contribution in [0.25, 0.3) is 11.0 Å². The molecule has 0 atom stereocenters. The Balaban J connectivity index is 2.08. The third-order valence-electron chi connectivity index (χ3n) is 3.44. The molecule has 2 aromatic heterocycles. The third-order valence-corrected chi connectivity index (χ3v) is 3.44. The van der Waals surface area contributed by atoms with Crippen LogP contribution in [0.2, 0.25) is 0 Å². The van der Waals surface area contributed by atoms with Crippen LogP contribution >= 0.6 is 0 Å². The smallest absolute Gasteiger partial charge is 0.323 e. The summed E-state index contributed by atoms with van der Waals surface area (Å²) in [6.07, 6.45) is 1.53. The molecule has 3 rings (SSSR count). The van der Waals surface area contributed by atoms with E-state index < -0.39 is 24.0 Å². The predicted molar refractivity (Wildman–Crippen MR) is 88.0 cm³/mol. The number of anilines is 1. The molecule has 24 heavy (non-hydrogen) atoms. The topological polar surface area (TPSA) is 101 Å². The van der Waals surface area contributed by atoms with Gasteiger partial charge in [0, 0.05) is 11.8 Å². The molecule has 0 fully saturated rings. The van der Waals surface area contributed by atoms with Crippen LogP contribution in [-0.4, -0.2) is 26.5 Å². The van der Waals surface area contributed by atoms with E-state index in [0.29, 0.717) is 16.6 Å². The molecule has 2 heterocycles. The normalized spacial score (nSPS) is 10.5. The first-order chi connectivity index (χ1) is 11.6. The zero-order chi connectivity index (χ0) is 17.1. The molecule has 120 valence electrons. The Bertz CT molecular complexity index is 980. The fourth-order valence-corrected chi connectivity index (χ4v) is 2.37. The second-order valence-corrected chi connectivity index (χ2v) is 5.07. The Hall–Kier alpha value is -3.48. The molecule has 0 radical (unpaired) electrons. The first-order valence-corrected chi connectivity index (χ1v) is 7.13. The van der Waals surface area contributed by atoms with Gasteiger partial charge in [-0.15, -0.1) is 0 Å². The van der Waals surface area contributed by atoms with E-state index in [4.69, 9.17) is 5.11 Å². The Labute approximate surface area is 136 Å². The zero-order valence-electron chi connectivity index (χ0n) is 12.5. The van der Waals surface area contributed by atoms with Crippen LogP contribution in [0.4, 0.5) is 5.69 Å². The van der Waals surface area contributed by atoms with E-state index >= 15 is 0 Å². The van der Waals surface area contributed by atoms with Crippen molar-refractivity contribution in [1.82, 2.24) is 9.55 Å². The van der Waals surface area contributed by atoms with Gasteiger partial charge in [0.1, 0.15) is 12.2 Å². The number of amides is 1. The van der Waals surface area contributed by atoms with E-state index in [9.17, 15) is 14.4 Å². The molecule has 2 N–H and O–H groups in total. The maximum Gasteiger partial charge on any atom is 0.323 e. The predicted octanol–water partition coefficient (Wildman–Crippen LogP) is 1.73. The number of carbonyl (C=O) groups excluding carboxylic acids is 1. The quantitative estimate of drug-likeness (QED) is 0.761. The molecular formula is C17H13N3O4. The molecule has 0 saturated carbocycles. The van der Waals surface area contributed by atoms with Crippen molar-refractivity contribution in [2.75, 3.05) is 5.32 Å². The van der Waals surface area contributed by atoms with Gasteiger partial charge in [-0.25, -0.2) is 0 Å². The summed E-state index contributed by atoms with van der Waals surface area (Å²) in [6.45, 7) is -0.518. The van der Waals surface area contributed by atoms with E-state index in [1.54, 1.807) is 42.5 Å². The summed E-state index contributed by atoms with van der Waals surface area (Å²) in [7, 11) is 0.